The maximum atomic E-state index is 12.9. The van der Waals surface area contributed by atoms with Crippen molar-refractivity contribution in [2.75, 3.05) is 12.0 Å². The SMILES string of the molecule is CSCCC(NC(=O)C(C)NC(=O)C(N)Cc1ccccc1)C(=O)NC(Cc1ccccc1)C(=O)O. The zero-order valence-corrected chi connectivity index (χ0v) is 21.3. The van der Waals surface area contributed by atoms with Crippen LogP contribution in [0.1, 0.15) is 24.5 Å². The fourth-order valence-corrected chi connectivity index (χ4v) is 3.94. The maximum Gasteiger partial charge on any atom is 0.326 e. The van der Waals surface area contributed by atoms with Crippen LogP contribution in [0, 0.1) is 0 Å². The molecule has 0 radical (unpaired) electrons. The van der Waals surface area contributed by atoms with Crippen molar-refractivity contribution in [3.8, 4) is 0 Å². The Morgan fingerprint density at radius 3 is 1.86 bits per heavy atom. The predicted octanol–water partition coefficient (Wildman–Crippen LogP) is 1.11. The zero-order valence-electron chi connectivity index (χ0n) is 20.5. The summed E-state index contributed by atoms with van der Waals surface area (Å²) < 4.78 is 0. The number of aliphatic carboxylic acids is 1. The van der Waals surface area contributed by atoms with Crippen LogP contribution in [-0.4, -0.2) is 65.0 Å². The summed E-state index contributed by atoms with van der Waals surface area (Å²) in [6, 6.07) is 14.4. The molecule has 2 aromatic rings. The molecular weight excluding hydrogens is 480 g/mol. The highest BCUT2D eigenvalue weighted by atomic mass is 32.2. The van der Waals surface area contributed by atoms with Crippen molar-refractivity contribution in [2.45, 2.75) is 50.4 Å². The Balaban J connectivity index is 1.97. The second kappa shape index (κ2) is 14.9. The number of carboxylic acid groups (broad SMARTS) is 1. The first-order chi connectivity index (χ1) is 17.2. The number of hydrogen-bond acceptors (Lipinski definition) is 6. The number of carbonyl (C=O) groups excluding carboxylic acids is 3. The molecule has 4 atom stereocenters. The van der Waals surface area contributed by atoms with E-state index in [1.54, 1.807) is 24.3 Å². The first-order valence-electron chi connectivity index (χ1n) is 11.7. The Labute approximate surface area is 215 Å². The first-order valence-corrected chi connectivity index (χ1v) is 13.1. The highest BCUT2D eigenvalue weighted by molar-refractivity contribution is 7.98. The predicted molar refractivity (Wildman–Crippen MR) is 140 cm³/mol. The molecule has 3 amide bonds. The summed E-state index contributed by atoms with van der Waals surface area (Å²) in [4.78, 5) is 50.0. The van der Waals surface area contributed by atoms with Crippen molar-refractivity contribution in [2.24, 2.45) is 5.73 Å². The smallest absolute Gasteiger partial charge is 0.326 e. The van der Waals surface area contributed by atoms with Gasteiger partial charge in [0.1, 0.15) is 18.1 Å². The molecule has 6 N–H and O–H groups in total. The van der Waals surface area contributed by atoms with Crippen LogP contribution < -0.4 is 21.7 Å². The molecule has 4 unspecified atom stereocenters. The Kier molecular flexibility index (Phi) is 11.9. The van der Waals surface area contributed by atoms with Gasteiger partial charge in [0.2, 0.25) is 17.7 Å². The molecule has 0 saturated heterocycles. The van der Waals surface area contributed by atoms with E-state index in [-0.39, 0.29) is 6.42 Å². The number of carbonyl (C=O) groups is 4. The van der Waals surface area contributed by atoms with Gasteiger partial charge >= 0.3 is 5.97 Å². The molecule has 0 aromatic heterocycles. The average Bonchev–Trinajstić information content (AvgIpc) is 2.86. The summed E-state index contributed by atoms with van der Waals surface area (Å²) >= 11 is 1.49. The van der Waals surface area contributed by atoms with Crippen molar-refractivity contribution in [3.05, 3.63) is 71.8 Å². The maximum absolute atomic E-state index is 12.9. The van der Waals surface area contributed by atoms with E-state index in [2.05, 4.69) is 16.0 Å². The Hall–Kier alpha value is -3.37. The summed E-state index contributed by atoms with van der Waals surface area (Å²) in [6.07, 6.45) is 2.59. The van der Waals surface area contributed by atoms with Crippen molar-refractivity contribution in [1.29, 1.82) is 0 Å². The minimum absolute atomic E-state index is 0.108. The number of rotatable bonds is 14. The number of benzene rings is 2. The van der Waals surface area contributed by atoms with Crippen LogP contribution in [0.4, 0.5) is 0 Å². The van der Waals surface area contributed by atoms with Gasteiger partial charge in [-0.2, -0.15) is 11.8 Å². The van der Waals surface area contributed by atoms with Gasteiger partial charge < -0.3 is 26.8 Å². The zero-order chi connectivity index (χ0) is 26.5. The van der Waals surface area contributed by atoms with Gasteiger partial charge in [0, 0.05) is 6.42 Å². The lowest BCUT2D eigenvalue weighted by molar-refractivity contribution is -0.142. The fourth-order valence-electron chi connectivity index (χ4n) is 3.47. The highest BCUT2D eigenvalue weighted by Crippen LogP contribution is 2.07. The van der Waals surface area contributed by atoms with Gasteiger partial charge in [-0.1, -0.05) is 60.7 Å². The van der Waals surface area contributed by atoms with E-state index >= 15 is 0 Å². The van der Waals surface area contributed by atoms with Crippen molar-refractivity contribution < 1.29 is 24.3 Å². The molecule has 0 aliphatic heterocycles. The molecule has 0 bridgehead atoms. The molecule has 0 saturated carbocycles. The molecule has 194 valence electrons. The van der Waals surface area contributed by atoms with Gasteiger partial charge in [0.05, 0.1) is 6.04 Å². The van der Waals surface area contributed by atoms with E-state index in [4.69, 9.17) is 5.73 Å². The number of thioether (sulfide) groups is 1. The molecule has 0 aliphatic carbocycles. The van der Waals surface area contributed by atoms with Crippen LogP contribution in [0.2, 0.25) is 0 Å². The van der Waals surface area contributed by atoms with E-state index in [1.807, 2.05) is 42.7 Å². The van der Waals surface area contributed by atoms with Crippen molar-refractivity contribution in [3.63, 3.8) is 0 Å². The molecule has 10 heteroatoms. The molecule has 0 aliphatic rings. The number of nitrogens with two attached hydrogens (primary N) is 1. The lowest BCUT2D eigenvalue weighted by Crippen LogP contribution is -2.56. The third-order valence-electron chi connectivity index (χ3n) is 5.53. The van der Waals surface area contributed by atoms with E-state index < -0.39 is 47.9 Å². The molecule has 0 heterocycles. The molecule has 2 rings (SSSR count). The summed E-state index contributed by atoms with van der Waals surface area (Å²) in [5.74, 6) is -2.25. The Bertz CT molecular complexity index is 1010. The van der Waals surface area contributed by atoms with Crippen LogP contribution in [-0.2, 0) is 32.0 Å². The number of amides is 3. The van der Waals surface area contributed by atoms with Crippen LogP contribution in [0.25, 0.3) is 0 Å². The lowest BCUT2D eigenvalue weighted by Gasteiger charge is -2.24. The summed E-state index contributed by atoms with van der Waals surface area (Å²) in [6.45, 7) is 1.50. The number of nitrogens with one attached hydrogen (secondary N) is 3. The van der Waals surface area contributed by atoms with Gasteiger partial charge in [-0.15, -0.1) is 0 Å². The number of hydrogen-bond donors (Lipinski definition) is 5. The molecule has 9 nitrogen and oxygen atoms in total. The van der Waals surface area contributed by atoms with E-state index in [1.165, 1.54) is 18.7 Å². The Morgan fingerprint density at radius 1 is 0.806 bits per heavy atom. The standard InChI is InChI=1S/C26H34N4O5S/c1-17(28-24(32)20(27)15-18-9-5-3-6-10-18)23(31)29-21(13-14-36-2)25(33)30-22(26(34)35)16-19-11-7-4-8-12-19/h3-12,17,20-22H,13-16,27H2,1-2H3,(H,28,32)(H,29,31)(H,30,33)(H,34,35). The van der Waals surface area contributed by atoms with Gasteiger partial charge in [0.15, 0.2) is 0 Å². The largest absolute Gasteiger partial charge is 0.480 e. The Morgan fingerprint density at radius 2 is 1.33 bits per heavy atom. The van der Waals surface area contributed by atoms with Crippen LogP contribution in [0.15, 0.2) is 60.7 Å². The van der Waals surface area contributed by atoms with E-state index in [0.717, 1.165) is 11.1 Å². The lowest BCUT2D eigenvalue weighted by atomic mass is 10.0. The minimum Gasteiger partial charge on any atom is -0.480 e. The quantitative estimate of drug-likeness (QED) is 0.253. The monoisotopic (exact) mass is 514 g/mol. The van der Waals surface area contributed by atoms with Crippen molar-refractivity contribution >= 4 is 35.5 Å². The molecule has 36 heavy (non-hydrogen) atoms. The van der Waals surface area contributed by atoms with Crippen LogP contribution >= 0.6 is 11.8 Å². The molecule has 0 spiro atoms. The fraction of sp³-hybridized carbons (Fsp3) is 0.385. The van der Waals surface area contributed by atoms with Gasteiger partial charge in [-0.05, 0) is 42.9 Å². The van der Waals surface area contributed by atoms with Gasteiger partial charge in [-0.3, -0.25) is 14.4 Å². The second-order valence-electron chi connectivity index (χ2n) is 8.46. The highest BCUT2D eigenvalue weighted by Gasteiger charge is 2.28. The summed E-state index contributed by atoms with van der Waals surface area (Å²) in [5.41, 5.74) is 7.65. The van der Waals surface area contributed by atoms with Crippen molar-refractivity contribution in [1.82, 2.24) is 16.0 Å². The van der Waals surface area contributed by atoms with Gasteiger partial charge in [-0.25, -0.2) is 4.79 Å². The first kappa shape index (κ1) is 28.9. The molecule has 0 fully saturated rings. The average molecular weight is 515 g/mol. The molecular formula is C26H34N4O5S. The van der Waals surface area contributed by atoms with Crippen LogP contribution in [0.3, 0.4) is 0 Å². The molecule has 2 aromatic carbocycles. The third kappa shape index (κ3) is 9.71. The third-order valence-corrected chi connectivity index (χ3v) is 6.17. The van der Waals surface area contributed by atoms with E-state index in [9.17, 15) is 24.3 Å². The topological polar surface area (TPSA) is 151 Å². The normalized spacial score (nSPS) is 14.1. The van der Waals surface area contributed by atoms with Gasteiger partial charge in [0.25, 0.3) is 0 Å². The second-order valence-corrected chi connectivity index (χ2v) is 9.44. The summed E-state index contributed by atoms with van der Waals surface area (Å²) in [5, 5.41) is 17.4. The van der Waals surface area contributed by atoms with Crippen LogP contribution in [0.5, 0.6) is 0 Å². The minimum atomic E-state index is -1.17. The van der Waals surface area contributed by atoms with E-state index in [0.29, 0.717) is 18.6 Å². The number of carboxylic acids is 1. The summed E-state index contributed by atoms with van der Waals surface area (Å²) in [7, 11) is 0.